The van der Waals surface area contributed by atoms with Gasteiger partial charge in [-0.15, -0.1) is 0 Å². The lowest BCUT2D eigenvalue weighted by molar-refractivity contribution is 0.0953. The Morgan fingerprint density at radius 3 is 2.43 bits per heavy atom. The summed E-state index contributed by atoms with van der Waals surface area (Å²) in [5.74, 6) is 1.57. The van der Waals surface area contributed by atoms with Crippen molar-refractivity contribution in [2.45, 2.75) is 26.2 Å². The lowest BCUT2D eigenvalue weighted by Crippen LogP contribution is -2.23. The molecule has 0 fully saturated rings. The summed E-state index contributed by atoms with van der Waals surface area (Å²) < 4.78 is 0. The highest BCUT2D eigenvalue weighted by molar-refractivity contribution is 6.03. The number of benzene rings is 2. The summed E-state index contributed by atoms with van der Waals surface area (Å²) in [7, 11) is 0. The van der Waals surface area contributed by atoms with Crippen molar-refractivity contribution in [3.05, 3.63) is 77.5 Å². The smallest absolute Gasteiger partial charge is 0.224 e. The molecule has 0 amide bonds. The summed E-state index contributed by atoms with van der Waals surface area (Å²) in [6.45, 7) is 2.83. The van der Waals surface area contributed by atoms with Crippen molar-refractivity contribution in [2.24, 2.45) is 5.92 Å². The van der Waals surface area contributed by atoms with Crippen LogP contribution in [0.25, 0.3) is 0 Å². The molecule has 1 heterocycles. The Bertz CT molecular complexity index is 957. The highest BCUT2D eigenvalue weighted by Crippen LogP contribution is 2.31. The molecule has 0 radical (unpaired) electrons. The van der Waals surface area contributed by atoms with Gasteiger partial charge in [0.1, 0.15) is 5.82 Å². The van der Waals surface area contributed by atoms with Crippen LogP contribution in [-0.4, -0.2) is 22.3 Å². The van der Waals surface area contributed by atoms with E-state index in [1.807, 2.05) is 48.5 Å². The molecule has 1 aromatic heterocycles. The zero-order valence-corrected chi connectivity index (χ0v) is 16.0. The molecule has 0 saturated carbocycles. The molecule has 5 nitrogen and oxygen atoms in total. The normalized spacial score (nSPS) is 15.8. The highest BCUT2D eigenvalue weighted by Gasteiger charge is 2.28. The maximum Gasteiger partial charge on any atom is 0.224 e. The summed E-state index contributed by atoms with van der Waals surface area (Å²) in [6.07, 6.45) is 2.22. The van der Waals surface area contributed by atoms with Crippen molar-refractivity contribution in [1.82, 2.24) is 9.97 Å². The minimum atomic E-state index is 0.114. The maximum absolute atomic E-state index is 12.7. The van der Waals surface area contributed by atoms with Crippen molar-refractivity contribution in [2.75, 3.05) is 17.2 Å². The number of aromatic nitrogens is 2. The van der Waals surface area contributed by atoms with Gasteiger partial charge in [0.25, 0.3) is 0 Å². The number of nitrogens with one attached hydrogen (secondary N) is 2. The molecule has 1 aliphatic rings. The molecule has 2 N–H and O–H groups in total. The molecule has 0 saturated heterocycles. The standard InChI is InChI=1S/C23H24N4O/c1-16-14-19-21(20(28)15-16)22(25-18-10-6-3-7-11-18)27-23(26-19)24-13-12-17-8-4-2-5-9-17/h2-11,16H,12-15H2,1H3,(H2,24,25,26,27). The van der Waals surface area contributed by atoms with Crippen LogP contribution in [0.3, 0.4) is 0 Å². The Morgan fingerprint density at radius 2 is 1.68 bits per heavy atom. The lowest BCUT2D eigenvalue weighted by atomic mass is 9.87. The number of hydrogen-bond acceptors (Lipinski definition) is 5. The first-order chi connectivity index (χ1) is 13.7. The van der Waals surface area contributed by atoms with Gasteiger partial charge in [-0.3, -0.25) is 4.79 Å². The van der Waals surface area contributed by atoms with Gasteiger partial charge in [-0.2, -0.15) is 4.98 Å². The van der Waals surface area contributed by atoms with E-state index in [1.54, 1.807) is 0 Å². The van der Waals surface area contributed by atoms with Gasteiger partial charge in [-0.05, 0) is 36.5 Å². The number of carbonyl (C=O) groups excluding carboxylic acids is 1. The second-order valence-corrected chi connectivity index (χ2v) is 7.31. The van der Waals surface area contributed by atoms with Gasteiger partial charge in [0.2, 0.25) is 5.95 Å². The molecule has 0 aliphatic heterocycles. The molecule has 2 aromatic carbocycles. The Labute approximate surface area is 165 Å². The number of carbonyl (C=O) groups is 1. The number of fused-ring (bicyclic) bond motifs is 1. The fraction of sp³-hybridized carbons (Fsp3) is 0.261. The molecule has 142 valence electrons. The number of hydrogen-bond donors (Lipinski definition) is 2. The quantitative estimate of drug-likeness (QED) is 0.660. The summed E-state index contributed by atoms with van der Waals surface area (Å²) >= 11 is 0. The summed E-state index contributed by atoms with van der Waals surface area (Å²) in [6, 6.07) is 20.1. The zero-order chi connectivity index (χ0) is 19.3. The third kappa shape index (κ3) is 4.19. The molecule has 1 atom stereocenters. The first-order valence-electron chi connectivity index (χ1n) is 9.73. The molecule has 5 heteroatoms. The average Bonchev–Trinajstić information content (AvgIpc) is 2.69. The molecule has 0 bridgehead atoms. The van der Waals surface area contributed by atoms with Crippen LogP contribution in [-0.2, 0) is 12.8 Å². The molecule has 4 rings (SSSR count). The van der Waals surface area contributed by atoms with E-state index in [9.17, 15) is 4.79 Å². The minimum Gasteiger partial charge on any atom is -0.354 e. The number of para-hydroxylation sites is 1. The number of anilines is 3. The minimum absolute atomic E-state index is 0.114. The molecule has 0 spiro atoms. The first-order valence-corrected chi connectivity index (χ1v) is 9.73. The van der Waals surface area contributed by atoms with Crippen molar-refractivity contribution < 1.29 is 4.79 Å². The van der Waals surface area contributed by atoms with Gasteiger partial charge in [0, 0.05) is 18.7 Å². The predicted octanol–water partition coefficient (Wildman–Crippen LogP) is 4.64. The fourth-order valence-corrected chi connectivity index (χ4v) is 3.56. The van der Waals surface area contributed by atoms with Gasteiger partial charge in [-0.1, -0.05) is 55.5 Å². The maximum atomic E-state index is 12.7. The second-order valence-electron chi connectivity index (χ2n) is 7.31. The molecular weight excluding hydrogens is 348 g/mol. The summed E-state index contributed by atoms with van der Waals surface area (Å²) in [4.78, 5) is 22.0. The van der Waals surface area contributed by atoms with Crippen LogP contribution in [0.1, 0.15) is 35.0 Å². The second kappa shape index (κ2) is 8.21. The van der Waals surface area contributed by atoms with Crippen LogP contribution < -0.4 is 10.6 Å². The summed E-state index contributed by atoms with van der Waals surface area (Å²) in [5, 5.41) is 6.64. The van der Waals surface area contributed by atoms with Crippen LogP contribution in [0.2, 0.25) is 0 Å². The average molecular weight is 372 g/mol. The van der Waals surface area contributed by atoms with Gasteiger partial charge < -0.3 is 10.6 Å². The monoisotopic (exact) mass is 372 g/mol. The van der Waals surface area contributed by atoms with Crippen LogP contribution in [0.5, 0.6) is 0 Å². The van der Waals surface area contributed by atoms with E-state index >= 15 is 0 Å². The third-order valence-electron chi connectivity index (χ3n) is 4.91. The van der Waals surface area contributed by atoms with Gasteiger partial charge in [-0.25, -0.2) is 4.98 Å². The Morgan fingerprint density at radius 1 is 0.964 bits per heavy atom. The lowest BCUT2D eigenvalue weighted by Gasteiger charge is -2.23. The predicted molar refractivity (Wildman–Crippen MR) is 112 cm³/mol. The molecule has 28 heavy (non-hydrogen) atoms. The Balaban J connectivity index is 1.59. The molecule has 3 aromatic rings. The van der Waals surface area contributed by atoms with E-state index in [4.69, 9.17) is 0 Å². The third-order valence-corrected chi connectivity index (χ3v) is 4.91. The number of Topliss-reactive ketones (excluding diaryl/α,β-unsaturated/α-hetero) is 1. The first kappa shape index (κ1) is 18.2. The molecule has 1 aliphatic carbocycles. The van der Waals surface area contributed by atoms with Crippen molar-refractivity contribution >= 4 is 23.2 Å². The van der Waals surface area contributed by atoms with Crippen molar-refractivity contribution in [3.8, 4) is 0 Å². The Hall–Kier alpha value is -3.21. The van der Waals surface area contributed by atoms with Crippen molar-refractivity contribution in [1.29, 1.82) is 0 Å². The topological polar surface area (TPSA) is 66.9 Å². The van der Waals surface area contributed by atoms with Crippen LogP contribution in [0, 0.1) is 5.92 Å². The highest BCUT2D eigenvalue weighted by atomic mass is 16.1. The van der Waals surface area contributed by atoms with Gasteiger partial charge in [0.15, 0.2) is 5.78 Å². The Kier molecular flexibility index (Phi) is 5.33. The summed E-state index contributed by atoms with van der Waals surface area (Å²) in [5.41, 5.74) is 3.64. The van der Waals surface area contributed by atoms with E-state index in [1.165, 1.54) is 5.56 Å². The number of rotatable bonds is 6. The van der Waals surface area contributed by atoms with E-state index in [2.05, 4.69) is 39.7 Å². The largest absolute Gasteiger partial charge is 0.354 e. The van der Waals surface area contributed by atoms with E-state index in [-0.39, 0.29) is 5.78 Å². The SMILES string of the molecule is CC1CC(=O)c2c(nc(NCCc3ccccc3)nc2Nc2ccccc2)C1. The number of nitrogens with zero attached hydrogens (tertiary/aromatic N) is 2. The van der Waals surface area contributed by atoms with Crippen LogP contribution in [0.15, 0.2) is 60.7 Å². The number of ketones is 1. The van der Waals surface area contributed by atoms with Gasteiger partial charge >= 0.3 is 0 Å². The van der Waals surface area contributed by atoms with Crippen molar-refractivity contribution in [3.63, 3.8) is 0 Å². The van der Waals surface area contributed by atoms with E-state index < -0.39 is 0 Å². The molecule has 1 unspecified atom stereocenters. The van der Waals surface area contributed by atoms with E-state index in [0.29, 0.717) is 29.7 Å². The van der Waals surface area contributed by atoms with E-state index in [0.717, 1.165) is 30.8 Å². The molecular formula is C23H24N4O. The van der Waals surface area contributed by atoms with Crippen LogP contribution in [0.4, 0.5) is 17.5 Å². The zero-order valence-electron chi connectivity index (χ0n) is 16.0. The van der Waals surface area contributed by atoms with Crippen LogP contribution >= 0.6 is 0 Å². The van der Waals surface area contributed by atoms with Gasteiger partial charge in [0.05, 0.1) is 11.3 Å². The fourth-order valence-electron chi connectivity index (χ4n) is 3.56.